The Morgan fingerprint density at radius 2 is 1.94 bits per heavy atom. The van der Waals surface area contributed by atoms with Crippen LogP contribution < -0.4 is 5.43 Å². The quantitative estimate of drug-likeness (QED) is 0.204. The van der Waals surface area contributed by atoms with Crippen LogP contribution in [0.5, 0.6) is 0 Å². The van der Waals surface area contributed by atoms with Crippen molar-refractivity contribution in [1.82, 2.24) is 25.2 Å². The van der Waals surface area contributed by atoms with Gasteiger partial charge in [-0.3, -0.25) is 14.3 Å². The van der Waals surface area contributed by atoms with E-state index in [1.54, 1.807) is 30.7 Å². The molecule has 4 aromatic rings. The molecular formula is C20H14BrClN6OS2. The Morgan fingerprint density at radius 1 is 1.16 bits per heavy atom. The van der Waals surface area contributed by atoms with Crippen molar-refractivity contribution >= 4 is 62.8 Å². The van der Waals surface area contributed by atoms with E-state index in [1.807, 2.05) is 41.0 Å². The number of aromatic nitrogens is 4. The number of nitrogens with zero attached hydrogens (tertiary/aromatic N) is 5. The zero-order chi connectivity index (χ0) is 21.6. The molecule has 0 spiro atoms. The number of rotatable bonds is 7. The van der Waals surface area contributed by atoms with Crippen LogP contribution in [-0.4, -0.2) is 37.6 Å². The number of hydrogen-bond acceptors (Lipinski definition) is 7. The highest BCUT2D eigenvalue weighted by molar-refractivity contribution is 9.11. The van der Waals surface area contributed by atoms with E-state index in [2.05, 4.69) is 41.6 Å². The fourth-order valence-electron chi connectivity index (χ4n) is 2.60. The van der Waals surface area contributed by atoms with Crippen LogP contribution in [0.1, 0.15) is 4.88 Å². The van der Waals surface area contributed by atoms with E-state index >= 15 is 0 Å². The molecule has 1 amide bonds. The van der Waals surface area contributed by atoms with Gasteiger partial charge in [-0.2, -0.15) is 5.10 Å². The molecule has 0 saturated carbocycles. The van der Waals surface area contributed by atoms with Crippen LogP contribution in [0.4, 0.5) is 0 Å². The molecule has 31 heavy (non-hydrogen) atoms. The maximum Gasteiger partial charge on any atom is 0.250 e. The number of amides is 1. The third-order valence-corrected chi connectivity index (χ3v) is 6.70. The van der Waals surface area contributed by atoms with Crippen molar-refractivity contribution < 1.29 is 4.79 Å². The Kier molecular flexibility index (Phi) is 7.13. The van der Waals surface area contributed by atoms with Crippen LogP contribution in [-0.2, 0) is 4.79 Å². The van der Waals surface area contributed by atoms with Crippen molar-refractivity contribution in [1.29, 1.82) is 0 Å². The topological polar surface area (TPSA) is 85.1 Å². The smallest absolute Gasteiger partial charge is 0.250 e. The first-order valence-electron chi connectivity index (χ1n) is 8.92. The number of thioether (sulfide) groups is 1. The third-order valence-electron chi connectivity index (χ3n) is 3.96. The van der Waals surface area contributed by atoms with Gasteiger partial charge < -0.3 is 0 Å². The summed E-state index contributed by atoms with van der Waals surface area (Å²) in [6.45, 7) is 0. The molecule has 0 atom stereocenters. The zero-order valence-corrected chi connectivity index (χ0v) is 19.7. The molecule has 0 saturated heterocycles. The predicted octanol–water partition coefficient (Wildman–Crippen LogP) is 5.05. The van der Waals surface area contributed by atoms with E-state index in [0.29, 0.717) is 16.0 Å². The molecule has 0 unspecified atom stereocenters. The molecule has 0 radical (unpaired) electrons. The molecule has 1 aromatic carbocycles. The van der Waals surface area contributed by atoms with Crippen molar-refractivity contribution in [2.45, 2.75) is 5.16 Å². The summed E-state index contributed by atoms with van der Waals surface area (Å²) in [5.41, 5.74) is 4.23. The Balaban J connectivity index is 1.51. The molecule has 156 valence electrons. The van der Waals surface area contributed by atoms with Gasteiger partial charge in [0, 0.05) is 33.5 Å². The van der Waals surface area contributed by atoms with E-state index in [9.17, 15) is 4.79 Å². The SMILES string of the molecule is O=C(CSc1nnc(-c2ccncc2)n1-c1ccc(Cl)cc1)NN=Cc1ccc(Br)s1. The van der Waals surface area contributed by atoms with Crippen LogP contribution in [0.25, 0.3) is 17.1 Å². The Labute approximate surface area is 199 Å². The second-order valence-corrected chi connectivity index (χ2v) is 9.95. The summed E-state index contributed by atoms with van der Waals surface area (Å²) in [5.74, 6) is 0.537. The van der Waals surface area contributed by atoms with E-state index in [-0.39, 0.29) is 11.7 Å². The standard InChI is InChI=1S/C20H14BrClN6OS2/c21-17-6-5-16(31-17)11-24-25-18(29)12-30-20-27-26-19(13-7-9-23-10-8-13)28(20)15-3-1-14(22)2-4-15/h1-11H,12H2,(H,25,29). The van der Waals surface area contributed by atoms with Crippen molar-refractivity contribution in [3.63, 3.8) is 0 Å². The first-order chi connectivity index (χ1) is 15.1. The zero-order valence-electron chi connectivity index (χ0n) is 15.8. The first kappa shape index (κ1) is 21.7. The highest BCUT2D eigenvalue weighted by Crippen LogP contribution is 2.28. The van der Waals surface area contributed by atoms with Crippen LogP contribution in [0.2, 0.25) is 5.02 Å². The number of pyridine rings is 1. The average Bonchev–Trinajstić information content (AvgIpc) is 3.39. The molecule has 11 heteroatoms. The minimum absolute atomic E-state index is 0.132. The maximum absolute atomic E-state index is 12.2. The van der Waals surface area contributed by atoms with Crippen molar-refractivity contribution in [3.8, 4) is 17.1 Å². The van der Waals surface area contributed by atoms with Crippen molar-refractivity contribution in [3.05, 3.63) is 74.6 Å². The summed E-state index contributed by atoms with van der Waals surface area (Å²) < 4.78 is 2.89. The van der Waals surface area contributed by atoms with Gasteiger partial charge in [0.05, 0.1) is 15.8 Å². The van der Waals surface area contributed by atoms with Crippen molar-refractivity contribution in [2.24, 2.45) is 5.10 Å². The van der Waals surface area contributed by atoms with Gasteiger partial charge in [-0.1, -0.05) is 23.4 Å². The molecule has 4 rings (SSSR count). The summed E-state index contributed by atoms with van der Waals surface area (Å²) in [7, 11) is 0. The van der Waals surface area contributed by atoms with Crippen LogP contribution in [0.15, 0.2) is 75.0 Å². The summed E-state index contributed by atoms with van der Waals surface area (Å²) in [6, 6.07) is 14.9. The van der Waals surface area contributed by atoms with E-state index in [0.717, 1.165) is 19.9 Å². The number of carbonyl (C=O) groups excluding carboxylic acids is 1. The molecule has 0 aliphatic heterocycles. The normalized spacial score (nSPS) is 11.2. The van der Waals surface area contributed by atoms with E-state index in [1.165, 1.54) is 23.1 Å². The van der Waals surface area contributed by atoms with Crippen LogP contribution >= 0.6 is 50.6 Å². The van der Waals surface area contributed by atoms with Gasteiger partial charge in [-0.25, -0.2) is 5.43 Å². The molecule has 3 heterocycles. The fourth-order valence-corrected chi connectivity index (χ4v) is 4.77. The molecule has 0 fully saturated rings. The van der Waals surface area contributed by atoms with E-state index < -0.39 is 0 Å². The first-order valence-corrected chi connectivity index (χ1v) is 11.9. The lowest BCUT2D eigenvalue weighted by Crippen LogP contribution is -2.19. The van der Waals surface area contributed by atoms with Gasteiger partial charge in [0.25, 0.3) is 5.91 Å². The number of hydrogen-bond donors (Lipinski definition) is 1. The minimum Gasteiger partial charge on any atom is -0.272 e. The Morgan fingerprint density at radius 3 is 2.65 bits per heavy atom. The number of carbonyl (C=O) groups is 1. The third kappa shape index (κ3) is 5.59. The Bertz CT molecular complexity index is 1210. The summed E-state index contributed by atoms with van der Waals surface area (Å²) in [5, 5.41) is 13.8. The lowest BCUT2D eigenvalue weighted by Gasteiger charge is -2.10. The fraction of sp³-hybridized carbons (Fsp3) is 0.0500. The molecule has 0 aliphatic carbocycles. The Hall–Kier alpha value is -2.53. The molecule has 0 bridgehead atoms. The van der Waals surface area contributed by atoms with Gasteiger partial charge in [-0.15, -0.1) is 21.5 Å². The number of nitrogens with one attached hydrogen (secondary N) is 1. The predicted molar refractivity (Wildman–Crippen MR) is 128 cm³/mol. The molecule has 0 aliphatic rings. The largest absolute Gasteiger partial charge is 0.272 e. The number of thiophene rings is 1. The van der Waals surface area contributed by atoms with E-state index in [4.69, 9.17) is 11.6 Å². The highest BCUT2D eigenvalue weighted by atomic mass is 79.9. The van der Waals surface area contributed by atoms with Gasteiger partial charge in [0.15, 0.2) is 11.0 Å². The molecule has 3 aromatic heterocycles. The monoisotopic (exact) mass is 532 g/mol. The highest BCUT2D eigenvalue weighted by Gasteiger charge is 2.17. The second-order valence-electron chi connectivity index (χ2n) is 6.08. The number of benzene rings is 1. The van der Waals surface area contributed by atoms with Gasteiger partial charge >= 0.3 is 0 Å². The second kappa shape index (κ2) is 10.2. The lowest BCUT2D eigenvalue weighted by atomic mass is 10.2. The molecule has 7 nitrogen and oxygen atoms in total. The van der Waals surface area contributed by atoms with Crippen LogP contribution in [0, 0.1) is 0 Å². The number of hydrazone groups is 1. The summed E-state index contributed by atoms with van der Waals surface area (Å²) in [6.07, 6.45) is 5.00. The van der Waals surface area contributed by atoms with Gasteiger partial charge in [0.1, 0.15) is 0 Å². The van der Waals surface area contributed by atoms with Crippen LogP contribution in [0.3, 0.4) is 0 Å². The van der Waals surface area contributed by atoms with Gasteiger partial charge in [0.2, 0.25) is 0 Å². The summed E-state index contributed by atoms with van der Waals surface area (Å²) in [4.78, 5) is 17.2. The lowest BCUT2D eigenvalue weighted by molar-refractivity contribution is -0.118. The van der Waals surface area contributed by atoms with Crippen molar-refractivity contribution in [2.75, 3.05) is 5.75 Å². The number of halogens is 2. The summed E-state index contributed by atoms with van der Waals surface area (Å²) >= 11 is 12.2. The average molecular weight is 534 g/mol. The maximum atomic E-state index is 12.2. The van der Waals surface area contributed by atoms with Gasteiger partial charge in [-0.05, 0) is 64.5 Å². The molecular weight excluding hydrogens is 520 g/mol. The molecule has 1 N–H and O–H groups in total. The minimum atomic E-state index is -0.243.